The number of benzene rings is 3. The van der Waals surface area contributed by atoms with Crippen molar-refractivity contribution >= 4 is 7.94 Å². The van der Waals surface area contributed by atoms with Crippen molar-refractivity contribution in [2.24, 2.45) is 0 Å². The SMILES string of the molecule is C[P+](Oc1ccccc1)(Oc1ccccc1)Oc1ccccc1.[I-]. The molecule has 0 heterocycles. The fourth-order valence-corrected chi connectivity index (χ4v) is 3.70. The van der Waals surface area contributed by atoms with E-state index in [9.17, 15) is 0 Å². The lowest BCUT2D eigenvalue weighted by atomic mass is 10.3. The van der Waals surface area contributed by atoms with Crippen molar-refractivity contribution in [2.75, 3.05) is 6.66 Å². The molecular formula is C19H18IO3P. The first kappa shape index (κ1) is 18.6. The molecule has 0 aliphatic carbocycles. The van der Waals surface area contributed by atoms with E-state index >= 15 is 0 Å². The Hall–Kier alpha value is -1.78. The van der Waals surface area contributed by atoms with Crippen molar-refractivity contribution in [1.82, 2.24) is 0 Å². The molecule has 0 fully saturated rings. The van der Waals surface area contributed by atoms with E-state index in [2.05, 4.69) is 0 Å². The Morgan fingerprint density at radius 2 is 0.750 bits per heavy atom. The summed E-state index contributed by atoms with van der Waals surface area (Å²) in [5.41, 5.74) is 0. The molecule has 124 valence electrons. The molecule has 3 aromatic rings. The molecule has 3 aromatic carbocycles. The van der Waals surface area contributed by atoms with E-state index in [4.69, 9.17) is 13.6 Å². The maximum Gasteiger partial charge on any atom is 0.538 e. The Balaban J connectivity index is 0.00000208. The minimum absolute atomic E-state index is 0. The summed E-state index contributed by atoms with van der Waals surface area (Å²) < 4.78 is 18.2. The first-order chi connectivity index (χ1) is 11.2. The zero-order valence-corrected chi connectivity index (χ0v) is 16.3. The minimum Gasteiger partial charge on any atom is -1.00 e. The highest BCUT2D eigenvalue weighted by atomic mass is 127. The van der Waals surface area contributed by atoms with Crippen molar-refractivity contribution in [3.8, 4) is 17.2 Å². The summed E-state index contributed by atoms with van der Waals surface area (Å²) in [6.07, 6.45) is 0. The average Bonchev–Trinajstić information content (AvgIpc) is 2.57. The summed E-state index contributed by atoms with van der Waals surface area (Å²) in [5, 5.41) is 0. The van der Waals surface area contributed by atoms with Crippen molar-refractivity contribution in [3.63, 3.8) is 0 Å². The average molecular weight is 452 g/mol. The molecule has 0 unspecified atom stereocenters. The second-order valence-corrected chi connectivity index (χ2v) is 7.07. The van der Waals surface area contributed by atoms with Crippen molar-refractivity contribution < 1.29 is 37.5 Å². The molecule has 0 radical (unpaired) electrons. The second-order valence-electron chi connectivity index (χ2n) is 4.98. The van der Waals surface area contributed by atoms with Crippen LogP contribution < -0.4 is 37.5 Å². The summed E-state index contributed by atoms with van der Waals surface area (Å²) in [6.45, 7) is 1.86. The standard InChI is InChI=1S/C19H18O3P.HI/c1-23(20-17-11-5-2-6-12-17,21-18-13-7-3-8-14-18)22-19-15-9-4-10-16-19;/h2-16H,1H3;1H/q+1;/p-1. The molecule has 0 bridgehead atoms. The van der Waals surface area contributed by atoms with Crippen LogP contribution in [0.25, 0.3) is 0 Å². The van der Waals surface area contributed by atoms with Crippen LogP contribution in [0.4, 0.5) is 0 Å². The van der Waals surface area contributed by atoms with Crippen LogP contribution in [-0.2, 0) is 0 Å². The molecule has 0 aromatic heterocycles. The van der Waals surface area contributed by atoms with Gasteiger partial charge in [-0.1, -0.05) is 54.6 Å². The fraction of sp³-hybridized carbons (Fsp3) is 0.0526. The van der Waals surface area contributed by atoms with Gasteiger partial charge in [-0.2, -0.15) is 0 Å². The van der Waals surface area contributed by atoms with Gasteiger partial charge in [0.1, 0.15) is 0 Å². The lowest BCUT2D eigenvalue weighted by Gasteiger charge is -2.19. The van der Waals surface area contributed by atoms with Gasteiger partial charge >= 0.3 is 7.94 Å². The van der Waals surface area contributed by atoms with Crippen LogP contribution in [0.5, 0.6) is 17.2 Å². The molecule has 5 heteroatoms. The molecular weight excluding hydrogens is 434 g/mol. The van der Waals surface area contributed by atoms with Crippen LogP contribution in [0.1, 0.15) is 0 Å². The van der Waals surface area contributed by atoms with Gasteiger partial charge in [0, 0.05) is 0 Å². The van der Waals surface area contributed by atoms with Crippen LogP contribution in [0, 0.1) is 0 Å². The van der Waals surface area contributed by atoms with E-state index in [-0.39, 0.29) is 24.0 Å². The Kier molecular flexibility index (Phi) is 6.88. The summed E-state index contributed by atoms with van der Waals surface area (Å²) in [5.74, 6) is 2.15. The first-order valence-electron chi connectivity index (χ1n) is 7.34. The highest BCUT2D eigenvalue weighted by molar-refractivity contribution is 7.62. The lowest BCUT2D eigenvalue weighted by Crippen LogP contribution is -3.00. The molecule has 0 saturated heterocycles. The van der Waals surface area contributed by atoms with Gasteiger partial charge in [-0.15, -0.1) is 0 Å². The minimum atomic E-state index is -2.64. The Morgan fingerprint density at radius 3 is 1.00 bits per heavy atom. The van der Waals surface area contributed by atoms with Crippen LogP contribution in [-0.4, -0.2) is 6.66 Å². The van der Waals surface area contributed by atoms with E-state index in [1.54, 1.807) is 0 Å². The molecule has 0 N–H and O–H groups in total. The van der Waals surface area contributed by atoms with Gasteiger partial charge in [-0.3, -0.25) is 13.6 Å². The normalized spacial score (nSPS) is 10.4. The van der Waals surface area contributed by atoms with Crippen LogP contribution in [0.15, 0.2) is 91.0 Å². The largest absolute Gasteiger partial charge is 1.00 e. The van der Waals surface area contributed by atoms with E-state index in [0.717, 1.165) is 17.2 Å². The number of hydrogen-bond donors (Lipinski definition) is 0. The molecule has 3 rings (SSSR count). The summed E-state index contributed by atoms with van der Waals surface area (Å²) in [6, 6.07) is 28.7. The highest BCUT2D eigenvalue weighted by Crippen LogP contribution is 2.57. The predicted molar refractivity (Wildman–Crippen MR) is 94.1 cm³/mol. The van der Waals surface area contributed by atoms with Gasteiger partial charge in [0.05, 0.1) is 0 Å². The van der Waals surface area contributed by atoms with Gasteiger partial charge in [0.2, 0.25) is 0 Å². The van der Waals surface area contributed by atoms with E-state index in [0.29, 0.717) is 0 Å². The summed E-state index contributed by atoms with van der Waals surface area (Å²) >= 11 is 0. The van der Waals surface area contributed by atoms with Crippen LogP contribution >= 0.6 is 7.94 Å². The second kappa shape index (κ2) is 8.90. The third kappa shape index (κ3) is 5.39. The molecule has 0 atom stereocenters. The zero-order chi connectivity index (χ0) is 16.0. The van der Waals surface area contributed by atoms with Crippen molar-refractivity contribution in [1.29, 1.82) is 0 Å². The third-order valence-corrected chi connectivity index (χ3v) is 4.67. The molecule has 0 aliphatic heterocycles. The van der Waals surface area contributed by atoms with Crippen LogP contribution in [0.3, 0.4) is 0 Å². The smallest absolute Gasteiger partial charge is 0.538 e. The van der Waals surface area contributed by atoms with Crippen molar-refractivity contribution in [2.45, 2.75) is 0 Å². The van der Waals surface area contributed by atoms with Crippen molar-refractivity contribution in [3.05, 3.63) is 91.0 Å². The third-order valence-electron chi connectivity index (χ3n) is 3.04. The Bertz CT molecular complexity index is 622. The van der Waals surface area contributed by atoms with E-state index in [1.165, 1.54) is 0 Å². The zero-order valence-electron chi connectivity index (χ0n) is 13.2. The highest BCUT2D eigenvalue weighted by Gasteiger charge is 2.43. The van der Waals surface area contributed by atoms with Gasteiger partial charge < -0.3 is 24.0 Å². The number of hydrogen-bond acceptors (Lipinski definition) is 3. The molecule has 3 nitrogen and oxygen atoms in total. The number of halogens is 1. The molecule has 0 saturated carbocycles. The van der Waals surface area contributed by atoms with Crippen LogP contribution in [0.2, 0.25) is 0 Å². The van der Waals surface area contributed by atoms with E-state index in [1.807, 2.05) is 97.7 Å². The van der Waals surface area contributed by atoms with Gasteiger partial charge in [0.25, 0.3) is 0 Å². The van der Waals surface area contributed by atoms with Gasteiger partial charge in [-0.05, 0) is 36.4 Å². The Labute approximate surface area is 160 Å². The number of rotatable bonds is 6. The quantitative estimate of drug-likeness (QED) is 0.426. The van der Waals surface area contributed by atoms with E-state index < -0.39 is 7.94 Å². The maximum absolute atomic E-state index is 6.08. The maximum atomic E-state index is 6.08. The van der Waals surface area contributed by atoms with Gasteiger partial charge in [0.15, 0.2) is 23.9 Å². The molecule has 0 aliphatic rings. The summed E-state index contributed by atoms with van der Waals surface area (Å²) in [7, 11) is -2.64. The lowest BCUT2D eigenvalue weighted by molar-refractivity contribution is -0.00000764. The molecule has 0 amide bonds. The summed E-state index contributed by atoms with van der Waals surface area (Å²) in [4.78, 5) is 0. The van der Waals surface area contributed by atoms with Gasteiger partial charge in [-0.25, -0.2) is 0 Å². The number of para-hydroxylation sites is 3. The fourth-order valence-electron chi connectivity index (χ4n) is 2.07. The first-order valence-corrected chi connectivity index (χ1v) is 9.33. The predicted octanol–water partition coefficient (Wildman–Crippen LogP) is 2.62. The monoisotopic (exact) mass is 452 g/mol. The molecule has 24 heavy (non-hydrogen) atoms. The topological polar surface area (TPSA) is 27.7 Å². The Morgan fingerprint density at radius 1 is 0.500 bits per heavy atom. The molecule has 0 spiro atoms.